The molecule has 0 bridgehead atoms. The summed E-state index contributed by atoms with van der Waals surface area (Å²) in [7, 11) is 0. The average molecular weight is 356 g/mol. The van der Waals surface area contributed by atoms with E-state index in [4.69, 9.17) is 0 Å². The van der Waals surface area contributed by atoms with Crippen LogP contribution in [-0.2, 0) is 4.79 Å². The van der Waals surface area contributed by atoms with Crippen LogP contribution in [0.3, 0.4) is 0 Å². The predicted molar refractivity (Wildman–Crippen MR) is 85.7 cm³/mol. The highest BCUT2D eigenvalue weighted by atomic mass is 19.1. The maximum Gasteiger partial charge on any atom is 0.257 e. The first-order chi connectivity index (χ1) is 11.8. The van der Waals surface area contributed by atoms with Crippen molar-refractivity contribution in [2.45, 2.75) is 51.0 Å². The third kappa shape index (κ3) is 4.13. The lowest BCUT2D eigenvalue weighted by molar-refractivity contribution is -0.128. The Morgan fingerprint density at radius 2 is 2.04 bits per heavy atom. The molecule has 0 radical (unpaired) electrons. The van der Waals surface area contributed by atoms with E-state index in [0.29, 0.717) is 12.5 Å². The number of amides is 2. The molecule has 1 saturated heterocycles. The number of benzene rings is 1. The summed E-state index contributed by atoms with van der Waals surface area (Å²) in [4.78, 5) is 25.9. The minimum atomic E-state index is -1.48. The molecule has 1 aliphatic heterocycles. The highest BCUT2D eigenvalue weighted by molar-refractivity contribution is 5.98. The van der Waals surface area contributed by atoms with E-state index in [1.807, 2.05) is 6.92 Å². The number of hydrogen-bond acceptors (Lipinski definition) is 4. The zero-order valence-electron chi connectivity index (χ0n) is 14.1. The van der Waals surface area contributed by atoms with Gasteiger partial charge in [0.05, 0.1) is 12.1 Å². The Kier molecular flexibility index (Phi) is 6.07. The number of carbonyl (C=O) groups excluding carboxylic acids is 2. The summed E-state index contributed by atoms with van der Waals surface area (Å²) < 4.78 is 26.9. The zero-order chi connectivity index (χ0) is 18.7. The summed E-state index contributed by atoms with van der Waals surface area (Å²) in [6.45, 7) is 3.41. The summed E-state index contributed by atoms with van der Waals surface area (Å²) in [6.07, 6.45) is -1.27. The Labute approximate surface area is 144 Å². The second kappa shape index (κ2) is 7.88. The summed E-state index contributed by atoms with van der Waals surface area (Å²) in [5.74, 6) is -3.42. The summed E-state index contributed by atoms with van der Waals surface area (Å²) in [5.41, 5.74) is -0.429. The van der Waals surface area contributed by atoms with Crippen LogP contribution in [-0.4, -0.2) is 57.8 Å². The van der Waals surface area contributed by atoms with Crippen molar-refractivity contribution in [1.29, 1.82) is 0 Å². The lowest BCUT2D eigenvalue weighted by Crippen LogP contribution is -2.52. The predicted octanol–water partition coefficient (Wildman–Crippen LogP) is 0.816. The lowest BCUT2D eigenvalue weighted by atomic mass is 10.1. The molecule has 1 aliphatic rings. The molecule has 6 nitrogen and oxygen atoms in total. The zero-order valence-corrected chi connectivity index (χ0v) is 14.1. The van der Waals surface area contributed by atoms with Gasteiger partial charge < -0.3 is 20.4 Å². The van der Waals surface area contributed by atoms with E-state index in [-0.39, 0.29) is 12.6 Å². The largest absolute Gasteiger partial charge is 0.388 e. The monoisotopic (exact) mass is 356 g/mol. The van der Waals surface area contributed by atoms with Crippen molar-refractivity contribution in [1.82, 2.24) is 10.2 Å². The fourth-order valence-electron chi connectivity index (χ4n) is 2.97. The van der Waals surface area contributed by atoms with Gasteiger partial charge in [-0.3, -0.25) is 9.59 Å². The van der Waals surface area contributed by atoms with Gasteiger partial charge in [-0.2, -0.15) is 0 Å². The van der Waals surface area contributed by atoms with E-state index in [9.17, 15) is 28.6 Å². The molecule has 1 fully saturated rings. The molecule has 2 rings (SSSR count). The van der Waals surface area contributed by atoms with Crippen molar-refractivity contribution in [3.05, 3.63) is 35.4 Å². The molecular weight excluding hydrogens is 334 g/mol. The summed E-state index contributed by atoms with van der Waals surface area (Å²) in [6, 6.07) is 0.943. The molecule has 1 heterocycles. The van der Waals surface area contributed by atoms with E-state index in [2.05, 4.69) is 5.32 Å². The second-order valence-corrected chi connectivity index (χ2v) is 6.28. The van der Waals surface area contributed by atoms with Crippen LogP contribution in [0.15, 0.2) is 18.2 Å². The third-order valence-corrected chi connectivity index (χ3v) is 4.24. The number of carbonyl (C=O) groups is 2. The van der Waals surface area contributed by atoms with Gasteiger partial charge in [-0.15, -0.1) is 0 Å². The summed E-state index contributed by atoms with van der Waals surface area (Å²) in [5, 5.41) is 22.6. The average Bonchev–Trinajstić information content (AvgIpc) is 2.82. The minimum absolute atomic E-state index is 0.179. The van der Waals surface area contributed by atoms with E-state index in [0.717, 1.165) is 23.5 Å². The van der Waals surface area contributed by atoms with E-state index >= 15 is 0 Å². The van der Waals surface area contributed by atoms with Gasteiger partial charge in [0, 0.05) is 12.1 Å². The first-order valence-corrected chi connectivity index (χ1v) is 8.18. The van der Waals surface area contributed by atoms with Crippen LogP contribution in [0.4, 0.5) is 8.78 Å². The van der Waals surface area contributed by atoms with E-state index in [1.54, 1.807) is 6.92 Å². The molecule has 1 unspecified atom stereocenters. The van der Waals surface area contributed by atoms with Gasteiger partial charge in [0.15, 0.2) is 0 Å². The van der Waals surface area contributed by atoms with Crippen molar-refractivity contribution in [3.63, 3.8) is 0 Å². The fraction of sp³-hybridized carbons (Fsp3) is 0.529. The van der Waals surface area contributed by atoms with Crippen LogP contribution >= 0.6 is 0 Å². The molecule has 4 atom stereocenters. The highest BCUT2D eigenvalue weighted by Crippen LogP contribution is 2.23. The van der Waals surface area contributed by atoms with E-state index < -0.39 is 47.3 Å². The second-order valence-electron chi connectivity index (χ2n) is 6.28. The number of halogens is 2. The van der Waals surface area contributed by atoms with Gasteiger partial charge in [-0.25, -0.2) is 8.78 Å². The molecule has 8 heteroatoms. The van der Waals surface area contributed by atoms with Crippen LogP contribution < -0.4 is 5.32 Å². The minimum Gasteiger partial charge on any atom is -0.388 e. The first kappa shape index (κ1) is 19.3. The Morgan fingerprint density at radius 1 is 1.36 bits per heavy atom. The highest BCUT2D eigenvalue weighted by Gasteiger charge is 2.47. The molecule has 1 aromatic rings. The topological polar surface area (TPSA) is 89.9 Å². The van der Waals surface area contributed by atoms with Crippen molar-refractivity contribution in [2.24, 2.45) is 0 Å². The number of hydrogen-bond donors (Lipinski definition) is 3. The molecular formula is C17H22F2N2O4. The van der Waals surface area contributed by atoms with Crippen LogP contribution in [0.1, 0.15) is 37.0 Å². The van der Waals surface area contributed by atoms with Gasteiger partial charge in [-0.1, -0.05) is 13.3 Å². The Balaban J connectivity index is 2.24. The fourth-order valence-corrected chi connectivity index (χ4v) is 2.97. The Bertz CT molecular complexity index is 656. The molecule has 0 aromatic heterocycles. The van der Waals surface area contributed by atoms with Gasteiger partial charge in [0.1, 0.15) is 29.9 Å². The van der Waals surface area contributed by atoms with E-state index in [1.165, 1.54) is 0 Å². The number of nitrogens with one attached hydrogen (secondary N) is 1. The number of β-amino-alcohol motifs (C(OH)–C–C–N with tert-alkyl or cyclic N) is 1. The Morgan fingerprint density at radius 3 is 2.64 bits per heavy atom. The standard InChI is InChI=1S/C17H22F2N2O4/c1-3-4-9(2)20-16(24)14-15(23)13(22)8-21(14)17(25)11-6-5-10(18)7-12(11)19/h5-7,9,13-15,22-23H,3-4,8H2,1-2H3,(H,20,24)/t9?,13-,14-,15-/m0/s1. The van der Waals surface area contributed by atoms with Gasteiger partial charge >= 0.3 is 0 Å². The van der Waals surface area contributed by atoms with Crippen molar-refractivity contribution in [3.8, 4) is 0 Å². The molecule has 1 aromatic carbocycles. The number of nitrogens with zero attached hydrogens (tertiary/aromatic N) is 1. The molecule has 0 spiro atoms. The quantitative estimate of drug-likeness (QED) is 0.729. The molecule has 0 aliphatic carbocycles. The van der Waals surface area contributed by atoms with Crippen LogP contribution in [0.25, 0.3) is 0 Å². The van der Waals surface area contributed by atoms with Gasteiger partial charge in [-0.05, 0) is 25.5 Å². The number of aliphatic hydroxyl groups is 2. The van der Waals surface area contributed by atoms with Crippen molar-refractivity contribution >= 4 is 11.8 Å². The molecule has 2 amide bonds. The van der Waals surface area contributed by atoms with Crippen LogP contribution in [0, 0.1) is 11.6 Å². The molecule has 0 saturated carbocycles. The van der Waals surface area contributed by atoms with Crippen LogP contribution in [0.5, 0.6) is 0 Å². The molecule has 25 heavy (non-hydrogen) atoms. The molecule has 3 N–H and O–H groups in total. The smallest absolute Gasteiger partial charge is 0.257 e. The SMILES string of the molecule is CCCC(C)NC(=O)[C@@H]1[C@@H](O)[C@@H](O)CN1C(=O)c1ccc(F)cc1F. The number of likely N-dealkylation sites (tertiary alicyclic amines) is 1. The number of rotatable bonds is 5. The van der Waals surface area contributed by atoms with Crippen molar-refractivity contribution < 1.29 is 28.6 Å². The normalized spacial score (nSPS) is 24.2. The van der Waals surface area contributed by atoms with Crippen molar-refractivity contribution in [2.75, 3.05) is 6.54 Å². The summed E-state index contributed by atoms with van der Waals surface area (Å²) >= 11 is 0. The number of aliphatic hydroxyl groups excluding tert-OH is 2. The lowest BCUT2D eigenvalue weighted by Gasteiger charge is -2.26. The maximum atomic E-state index is 13.9. The van der Waals surface area contributed by atoms with Crippen LogP contribution in [0.2, 0.25) is 0 Å². The Hall–Kier alpha value is -2.06. The van der Waals surface area contributed by atoms with Gasteiger partial charge in [0.25, 0.3) is 5.91 Å². The van der Waals surface area contributed by atoms with Gasteiger partial charge in [0.2, 0.25) is 5.91 Å². The first-order valence-electron chi connectivity index (χ1n) is 8.18. The molecule has 138 valence electrons. The maximum absolute atomic E-state index is 13.9. The third-order valence-electron chi connectivity index (χ3n) is 4.24.